The van der Waals surface area contributed by atoms with Crippen LogP contribution in [0.15, 0.2) is 28.3 Å². The molecule has 2 nitrogen and oxygen atoms in total. The van der Waals surface area contributed by atoms with Crippen molar-refractivity contribution in [3.05, 3.63) is 44.3 Å². The van der Waals surface area contributed by atoms with Crippen LogP contribution in [-0.4, -0.2) is 22.7 Å². The van der Waals surface area contributed by atoms with Crippen molar-refractivity contribution in [1.29, 1.82) is 0 Å². The highest BCUT2D eigenvalue weighted by Gasteiger charge is 2.18. The molecular formula is C15H21NOS2. The van der Waals surface area contributed by atoms with Crippen LogP contribution >= 0.6 is 22.7 Å². The second-order valence-corrected chi connectivity index (χ2v) is 6.59. The Morgan fingerprint density at radius 2 is 2.11 bits per heavy atom. The van der Waals surface area contributed by atoms with Gasteiger partial charge in [-0.05, 0) is 52.7 Å². The highest BCUT2D eigenvalue weighted by Crippen LogP contribution is 2.22. The zero-order chi connectivity index (χ0) is 13.7. The Labute approximate surface area is 123 Å². The predicted octanol–water partition coefficient (Wildman–Crippen LogP) is 3.89. The van der Waals surface area contributed by atoms with Crippen molar-refractivity contribution in [2.75, 3.05) is 6.61 Å². The normalized spacial score (nSPS) is 13.1. The molecule has 0 unspecified atom stereocenters. The van der Waals surface area contributed by atoms with Gasteiger partial charge in [-0.3, -0.25) is 4.90 Å². The van der Waals surface area contributed by atoms with Gasteiger partial charge in [-0.1, -0.05) is 6.92 Å². The molecular weight excluding hydrogens is 274 g/mol. The average molecular weight is 295 g/mol. The monoisotopic (exact) mass is 295 g/mol. The van der Waals surface area contributed by atoms with E-state index in [1.165, 1.54) is 16.0 Å². The number of hydrogen-bond donors (Lipinski definition) is 1. The molecule has 2 rings (SSSR count). The van der Waals surface area contributed by atoms with Crippen molar-refractivity contribution in [3.63, 3.8) is 0 Å². The van der Waals surface area contributed by atoms with Gasteiger partial charge >= 0.3 is 0 Å². The molecule has 0 amide bonds. The molecule has 4 heteroatoms. The van der Waals surface area contributed by atoms with Gasteiger partial charge in [-0.2, -0.15) is 11.3 Å². The molecule has 2 aromatic heterocycles. The fourth-order valence-electron chi connectivity index (χ4n) is 2.18. The molecule has 0 saturated heterocycles. The molecule has 0 aliphatic heterocycles. The number of hydrogen-bond acceptors (Lipinski definition) is 4. The Kier molecular flexibility index (Phi) is 5.58. The lowest BCUT2D eigenvalue weighted by molar-refractivity contribution is 0.107. The van der Waals surface area contributed by atoms with E-state index in [-0.39, 0.29) is 12.6 Å². The van der Waals surface area contributed by atoms with Crippen LogP contribution in [0.25, 0.3) is 0 Å². The van der Waals surface area contributed by atoms with Crippen LogP contribution in [0.1, 0.15) is 29.3 Å². The number of nitrogens with zero attached hydrogens (tertiary/aromatic N) is 1. The molecule has 0 fully saturated rings. The number of aliphatic hydroxyl groups excluding tert-OH is 1. The van der Waals surface area contributed by atoms with Crippen molar-refractivity contribution in [1.82, 2.24) is 4.90 Å². The zero-order valence-corrected chi connectivity index (χ0v) is 13.1. The smallest absolute Gasteiger partial charge is 0.0587 e. The fourth-order valence-corrected chi connectivity index (χ4v) is 3.78. The molecule has 1 N–H and O–H groups in total. The Morgan fingerprint density at radius 1 is 1.26 bits per heavy atom. The highest BCUT2D eigenvalue weighted by atomic mass is 32.1. The summed E-state index contributed by atoms with van der Waals surface area (Å²) in [7, 11) is 0. The van der Waals surface area contributed by atoms with Crippen molar-refractivity contribution in [3.8, 4) is 0 Å². The first-order valence-corrected chi connectivity index (χ1v) is 8.45. The van der Waals surface area contributed by atoms with Crippen LogP contribution < -0.4 is 0 Å². The minimum atomic E-state index is 0.227. The van der Waals surface area contributed by atoms with E-state index in [9.17, 15) is 5.11 Å². The maximum atomic E-state index is 9.59. The zero-order valence-electron chi connectivity index (χ0n) is 11.5. The molecule has 0 aliphatic rings. The maximum absolute atomic E-state index is 9.59. The maximum Gasteiger partial charge on any atom is 0.0587 e. The summed E-state index contributed by atoms with van der Waals surface area (Å²) in [5, 5.41) is 16.0. The van der Waals surface area contributed by atoms with E-state index in [1.54, 1.807) is 11.3 Å². The van der Waals surface area contributed by atoms with Gasteiger partial charge in [0, 0.05) is 24.0 Å². The summed E-state index contributed by atoms with van der Waals surface area (Å²) >= 11 is 3.54. The highest BCUT2D eigenvalue weighted by molar-refractivity contribution is 7.10. The number of thiophene rings is 2. The SMILES string of the molecule is CC[C@H](CO)N(Cc1ccsc1)Cc1sccc1C. The molecule has 0 aromatic carbocycles. The average Bonchev–Trinajstić information content (AvgIpc) is 3.04. The van der Waals surface area contributed by atoms with Gasteiger partial charge in [-0.25, -0.2) is 0 Å². The summed E-state index contributed by atoms with van der Waals surface area (Å²) in [4.78, 5) is 3.79. The molecule has 19 heavy (non-hydrogen) atoms. The summed E-state index contributed by atoms with van der Waals surface area (Å²) in [6.45, 7) is 6.38. The number of aryl methyl sites for hydroxylation is 1. The van der Waals surface area contributed by atoms with Crippen molar-refractivity contribution in [2.45, 2.75) is 39.4 Å². The van der Waals surface area contributed by atoms with Crippen LogP contribution in [0.3, 0.4) is 0 Å². The van der Waals surface area contributed by atoms with Gasteiger partial charge < -0.3 is 5.11 Å². The summed E-state index contributed by atoms with van der Waals surface area (Å²) in [5.41, 5.74) is 2.69. The van der Waals surface area contributed by atoms with Crippen LogP contribution in [0.5, 0.6) is 0 Å². The quantitative estimate of drug-likeness (QED) is 0.837. The van der Waals surface area contributed by atoms with Gasteiger partial charge in [0.25, 0.3) is 0 Å². The van der Waals surface area contributed by atoms with Gasteiger partial charge in [0.05, 0.1) is 6.61 Å². The molecule has 0 bridgehead atoms. The van der Waals surface area contributed by atoms with E-state index < -0.39 is 0 Å². The van der Waals surface area contributed by atoms with Gasteiger partial charge in [0.15, 0.2) is 0 Å². The minimum absolute atomic E-state index is 0.227. The predicted molar refractivity (Wildman–Crippen MR) is 83.8 cm³/mol. The Bertz CT molecular complexity index is 474. The van der Waals surface area contributed by atoms with E-state index in [4.69, 9.17) is 0 Å². The molecule has 1 atom stereocenters. The van der Waals surface area contributed by atoms with Crippen LogP contribution in [0.2, 0.25) is 0 Å². The van der Waals surface area contributed by atoms with E-state index in [1.807, 2.05) is 11.3 Å². The molecule has 0 saturated carbocycles. The Hall–Kier alpha value is -0.680. The standard InChI is InChI=1S/C15H21NOS2/c1-3-14(10-17)16(8-13-5-6-18-11-13)9-15-12(2)4-7-19-15/h4-7,11,14,17H,3,8-10H2,1-2H3/t14-/m1/s1. The van der Waals surface area contributed by atoms with Gasteiger partial charge in [0.2, 0.25) is 0 Å². The fraction of sp³-hybridized carbons (Fsp3) is 0.467. The van der Waals surface area contributed by atoms with Crippen LogP contribution in [-0.2, 0) is 13.1 Å². The summed E-state index contributed by atoms with van der Waals surface area (Å²) in [6, 6.07) is 4.58. The van der Waals surface area contributed by atoms with Crippen molar-refractivity contribution in [2.24, 2.45) is 0 Å². The molecule has 2 aromatic rings. The van der Waals surface area contributed by atoms with E-state index >= 15 is 0 Å². The molecule has 2 heterocycles. The largest absolute Gasteiger partial charge is 0.395 e. The third-order valence-electron chi connectivity index (χ3n) is 3.48. The van der Waals surface area contributed by atoms with Crippen molar-refractivity contribution >= 4 is 22.7 Å². The minimum Gasteiger partial charge on any atom is -0.395 e. The van der Waals surface area contributed by atoms with E-state index in [2.05, 4.69) is 47.0 Å². The third kappa shape index (κ3) is 3.89. The lowest BCUT2D eigenvalue weighted by atomic mass is 10.1. The third-order valence-corrected chi connectivity index (χ3v) is 5.22. The lowest BCUT2D eigenvalue weighted by Crippen LogP contribution is -2.36. The summed E-state index contributed by atoms with van der Waals surface area (Å²) < 4.78 is 0. The first-order valence-electron chi connectivity index (χ1n) is 6.63. The molecule has 0 radical (unpaired) electrons. The second-order valence-electron chi connectivity index (χ2n) is 4.81. The van der Waals surface area contributed by atoms with E-state index in [0.29, 0.717) is 0 Å². The first-order chi connectivity index (χ1) is 9.24. The number of rotatable bonds is 7. The summed E-state index contributed by atoms with van der Waals surface area (Å²) in [5.74, 6) is 0. The Morgan fingerprint density at radius 3 is 2.63 bits per heavy atom. The van der Waals surface area contributed by atoms with Crippen molar-refractivity contribution < 1.29 is 5.11 Å². The topological polar surface area (TPSA) is 23.5 Å². The van der Waals surface area contributed by atoms with Gasteiger partial charge in [-0.15, -0.1) is 11.3 Å². The lowest BCUT2D eigenvalue weighted by Gasteiger charge is -2.29. The first kappa shape index (κ1) is 14.7. The second kappa shape index (κ2) is 7.20. The summed E-state index contributed by atoms with van der Waals surface area (Å²) in [6.07, 6.45) is 0.977. The Balaban J connectivity index is 2.11. The van der Waals surface area contributed by atoms with Crippen LogP contribution in [0, 0.1) is 6.92 Å². The van der Waals surface area contributed by atoms with Gasteiger partial charge in [0.1, 0.15) is 0 Å². The molecule has 104 valence electrons. The van der Waals surface area contributed by atoms with Crippen LogP contribution in [0.4, 0.5) is 0 Å². The molecule has 0 spiro atoms. The molecule has 0 aliphatic carbocycles. The van der Waals surface area contributed by atoms with E-state index in [0.717, 1.165) is 19.5 Å². The number of aliphatic hydroxyl groups is 1.